The fourth-order valence-corrected chi connectivity index (χ4v) is 1.58. The van der Waals surface area contributed by atoms with Gasteiger partial charge in [0.25, 0.3) is 0 Å². The zero-order valence-corrected chi connectivity index (χ0v) is 10.1. The molecule has 3 heteroatoms. The van der Waals surface area contributed by atoms with Gasteiger partial charge in [0.15, 0.2) is 0 Å². The summed E-state index contributed by atoms with van der Waals surface area (Å²) >= 11 is 0. The molecule has 0 saturated carbocycles. The Morgan fingerprint density at radius 1 is 1.11 bits per heavy atom. The number of pyridine rings is 1. The summed E-state index contributed by atoms with van der Waals surface area (Å²) in [7, 11) is 0. The van der Waals surface area contributed by atoms with E-state index in [0.717, 1.165) is 11.1 Å². The third-order valence-electron chi connectivity index (χ3n) is 2.50. The van der Waals surface area contributed by atoms with E-state index in [1.807, 2.05) is 54.6 Å². The van der Waals surface area contributed by atoms with E-state index in [0.29, 0.717) is 19.0 Å². The molecule has 1 heterocycles. The maximum Gasteiger partial charge on any atom is 0.218 e. The van der Waals surface area contributed by atoms with Crippen LogP contribution in [0, 0.1) is 0 Å². The van der Waals surface area contributed by atoms with E-state index in [1.165, 1.54) is 0 Å². The van der Waals surface area contributed by atoms with Crippen molar-refractivity contribution in [2.75, 3.05) is 6.61 Å². The van der Waals surface area contributed by atoms with E-state index in [9.17, 15) is 0 Å². The molecule has 0 atom stereocenters. The highest BCUT2D eigenvalue weighted by Gasteiger charge is 2.00. The number of aromatic nitrogens is 1. The largest absolute Gasteiger partial charge is 0.473 e. The first-order valence-electron chi connectivity index (χ1n) is 5.88. The first kappa shape index (κ1) is 12.3. The Hall–Kier alpha value is -2.13. The van der Waals surface area contributed by atoms with Gasteiger partial charge in [0.1, 0.15) is 6.61 Å². The molecule has 0 spiro atoms. The van der Waals surface area contributed by atoms with E-state index in [-0.39, 0.29) is 0 Å². The molecule has 2 aromatic rings. The zero-order chi connectivity index (χ0) is 12.6. The number of benzene rings is 1. The lowest BCUT2D eigenvalue weighted by molar-refractivity contribution is 0.345. The summed E-state index contributed by atoms with van der Waals surface area (Å²) in [5.41, 5.74) is 7.68. The highest BCUT2D eigenvalue weighted by molar-refractivity contribution is 5.48. The molecule has 1 aromatic carbocycles. The van der Waals surface area contributed by atoms with Crippen molar-refractivity contribution in [3.05, 3.63) is 65.9 Å². The van der Waals surface area contributed by atoms with Crippen molar-refractivity contribution < 1.29 is 4.74 Å². The van der Waals surface area contributed by atoms with Crippen molar-refractivity contribution in [1.29, 1.82) is 0 Å². The minimum absolute atomic E-state index is 0.436. The summed E-state index contributed by atoms with van der Waals surface area (Å²) in [6, 6.07) is 13.9. The molecular weight excluding hydrogens is 224 g/mol. The molecule has 0 amide bonds. The summed E-state index contributed by atoms with van der Waals surface area (Å²) < 4.78 is 5.57. The minimum Gasteiger partial charge on any atom is -0.473 e. The fraction of sp³-hybridized carbons (Fsp3) is 0.133. The zero-order valence-electron chi connectivity index (χ0n) is 10.1. The summed E-state index contributed by atoms with van der Waals surface area (Å²) in [5.74, 6) is 0.609. The van der Waals surface area contributed by atoms with Crippen LogP contribution in [0.5, 0.6) is 5.88 Å². The second-order valence-corrected chi connectivity index (χ2v) is 3.80. The topological polar surface area (TPSA) is 48.1 Å². The molecule has 0 radical (unpaired) electrons. The average molecular weight is 240 g/mol. The van der Waals surface area contributed by atoms with Crippen molar-refractivity contribution in [2.45, 2.75) is 6.54 Å². The second-order valence-electron chi connectivity index (χ2n) is 3.80. The van der Waals surface area contributed by atoms with Crippen LogP contribution in [0.15, 0.2) is 54.7 Å². The molecular formula is C15H16N2O. The van der Waals surface area contributed by atoms with Gasteiger partial charge in [-0.2, -0.15) is 0 Å². The normalized spacial score (nSPS) is 10.7. The molecule has 2 N–H and O–H groups in total. The van der Waals surface area contributed by atoms with Crippen LogP contribution in [0.2, 0.25) is 0 Å². The maximum atomic E-state index is 5.61. The summed E-state index contributed by atoms with van der Waals surface area (Å²) in [6.45, 7) is 0.921. The first-order valence-corrected chi connectivity index (χ1v) is 5.88. The quantitative estimate of drug-likeness (QED) is 0.874. The van der Waals surface area contributed by atoms with Crippen molar-refractivity contribution in [3.8, 4) is 5.88 Å². The number of hydrogen-bond donors (Lipinski definition) is 1. The lowest BCUT2D eigenvalue weighted by atomic mass is 10.2. The number of nitrogens with zero attached hydrogens (tertiary/aromatic N) is 1. The third-order valence-corrected chi connectivity index (χ3v) is 2.50. The Balaban J connectivity index is 1.91. The Kier molecular flexibility index (Phi) is 4.50. The van der Waals surface area contributed by atoms with Crippen LogP contribution in [0.25, 0.3) is 6.08 Å². The Labute approximate surface area is 107 Å². The monoisotopic (exact) mass is 240 g/mol. The molecule has 0 aliphatic rings. The van der Waals surface area contributed by atoms with Gasteiger partial charge in [0.05, 0.1) is 0 Å². The molecule has 0 saturated heterocycles. The van der Waals surface area contributed by atoms with Crippen LogP contribution in [-0.2, 0) is 6.54 Å². The smallest absolute Gasteiger partial charge is 0.218 e. The van der Waals surface area contributed by atoms with Gasteiger partial charge in [-0.1, -0.05) is 42.5 Å². The van der Waals surface area contributed by atoms with Crippen LogP contribution in [0.4, 0.5) is 0 Å². The Morgan fingerprint density at radius 3 is 2.72 bits per heavy atom. The van der Waals surface area contributed by atoms with Gasteiger partial charge in [0, 0.05) is 18.3 Å². The Morgan fingerprint density at radius 2 is 1.94 bits per heavy atom. The van der Waals surface area contributed by atoms with Crippen LogP contribution in [0.3, 0.4) is 0 Å². The summed E-state index contributed by atoms with van der Waals surface area (Å²) in [4.78, 5) is 4.16. The van der Waals surface area contributed by atoms with Gasteiger partial charge in [-0.25, -0.2) is 4.98 Å². The van der Waals surface area contributed by atoms with Crippen LogP contribution >= 0.6 is 0 Å². The molecule has 0 fully saturated rings. The van der Waals surface area contributed by atoms with Crippen molar-refractivity contribution in [3.63, 3.8) is 0 Å². The van der Waals surface area contributed by atoms with Gasteiger partial charge < -0.3 is 10.5 Å². The molecule has 3 nitrogen and oxygen atoms in total. The molecule has 1 aromatic heterocycles. The van der Waals surface area contributed by atoms with Gasteiger partial charge >= 0.3 is 0 Å². The maximum absolute atomic E-state index is 5.61. The predicted molar refractivity (Wildman–Crippen MR) is 73.1 cm³/mol. The van der Waals surface area contributed by atoms with Crippen molar-refractivity contribution >= 4 is 6.08 Å². The summed E-state index contributed by atoms with van der Waals surface area (Å²) in [5, 5.41) is 0. The van der Waals surface area contributed by atoms with E-state index in [2.05, 4.69) is 4.98 Å². The number of nitrogens with two attached hydrogens (primary N) is 1. The van der Waals surface area contributed by atoms with Gasteiger partial charge in [-0.15, -0.1) is 0 Å². The van der Waals surface area contributed by atoms with E-state index >= 15 is 0 Å². The van der Waals surface area contributed by atoms with E-state index < -0.39 is 0 Å². The summed E-state index contributed by atoms with van der Waals surface area (Å²) in [6.07, 6.45) is 5.69. The third kappa shape index (κ3) is 3.43. The van der Waals surface area contributed by atoms with E-state index in [1.54, 1.807) is 6.20 Å². The molecule has 0 aliphatic carbocycles. The SMILES string of the molecule is NCc1cccnc1OCC=Cc1ccccc1. The first-order chi connectivity index (χ1) is 8.90. The Bertz CT molecular complexity index is 509. The lowest BCUT2D eigenvalue weighted by Crippen LogP contribution is -2.03. The molecule has 18 heavy (non-hydrogen) atoms. The van der Waals surface area contributed by atoms with Crippen LogP contribution < -0.4 is 10.5 Å². The molecule has 0 unspecified atom stereocenters. The predicted octanol–water partition coefficient (Wildman–Crippen LogP) is 2.63. The van der Waals surface area contributed by atoms with Crippen molar-refractivity contribution in [1.82, 2.24) is 4.98 Å². The highest BCUT2D eigenvalue weighted by atomic mass is 16.5. The van der Waals surface area contributed by atoms with Crippen LogP contribution in [-0.4, -0.2) is 11.6 Å². The molecule has 0 aliphatic heterocycles. The van der Waals surface area contributed by atoms with Crippen molar-refractivity contribution in [2.24, 2.45) is 5.73 Å². The van der Waals surface area contributed by atoms with Crippen LogP contribution in [0.1, 0.15) is 11.1 Å². The molecule has 0 bridgehead atoms. The number of rotatable bonds is 5. The number of ether oxygens (including phenoxy) is 1. The molecule has 92 valence electrons. The minimum atomic E-state index is 0.436. The number of hydrogen-bond acceptors (Lipinski definition) is 3. The lowest BCUT2D eigenvalue weighted by Gasteiger charge is -2.06. The average Bonchev–Trinajstić information content (AvgIpc) is 2.45. The molecule has 2 rings (SSSR count). The highest BCUT2D eigenvalue weighted by Crippen LogP contribution is 2.13. The standard InChI is InChI=1S/C15H16N2O/c16-12-14-9-4-10-17-15(14)18-11-5-8-13-6-2-1-3-7-13/h1-10H,11-12,16H2. The van der Waals surface area contributed by atoms with Gasteiger partial charge in [0.2, 0.25) is 5.88 Å². The van der Waals surface area contributed by atoms with E-state index in [4.69, 9.17) is 10.5 Å². The fourth-order valence-electron chi connectivity index (χ4n) is 1.58. The second kappa shape index (κ2) is 6.57. The van der Waals surface area contributed by atoms with Gasteiger partial charge in [-0.05, 0) is 17.7 Å². The van der Waals surface area contributed by atoms with Gasteiger partial charge in [-0.3, -0.25) is 0 Å².